The van der Waals surface area contributed by atoms with E-state index < -0.39 is 16.1 Å². The predicted octanol–water partition coefficient (Wildman–Crippen LogP) is 1.36. The number of sulfonamides is 1. The zero-order valence-electron chi connectivity index (χ0n) is 10.1. The van der Waals surface area contributed by atoms with Crippen LogP contribution in [0.5, 0.6) is 0 Å². The minimum absolute atomic E-state index is 0.0199. The molecule has 0 aromatic heterocycles. The van der Waals surface area contributed by atoms with Gasteiger partial charge in [-0.3, -0.25) is 0 Å². The number of rotatable bonds is 3. The Morgan fingerprint density at radius 2 is 2.26 bits per heavy atom. The smallest absolute Gasteiger partial charge is 0.244 e. The van der Waals surface area contributed by atoms with Crippen molar-refractivity contribution in [1.29, 1.82) is 5.26 Å². The molecule has 0 bridgehead atoms. The molecule has 0 saturated carbocycles. The second-order valence-corrected chi connectivity index (χ2v) is 6.62. The Kier molecular flexibility index (Phi) is 4.11. The summed E-state index contributed by atoms with van der Waals surface area (Å²) < 4.78 is 26.2. The maximum atomic E-state index is 12.5. The average molecular weight is 301 g/mol. The Balaban J connectivity index is 2.43. The van der Waals surface area contributed by atoms with Crippen LogP contribution in [0.1, 0.15) is 18.4 Å². The summed E-state index contributed by atoms with van der Waals surface area (Å²) in [6.07, 6.45) is 1.36. The number of halogens is 1. The predicted molar refractivity (Wildman–Crippen MR) is 70.2 cm³/mol. The summed E-state index contributed by atoms with van der Waals surface area (Å²) in [6, 6.07) is 5.60. The van der Waals surface area contributed by atoms with E-state index in [1.165, 1.54) is 22.5 Å². The molecule has 1 heterocycles. The summed E-state index contributed by atoms with van der Waals surface area (Å²) >= 11 is 5.94. The molecule has 102 valence electrons. The highest BCUT2D eigenvalue weighted by molar-refractivity contribution is 7.89. The third-order valence-electron chi connectivity index (χ3n) is 3.18. The number of aliphatic hydroxyl groups excluding tert-OH is 1. The van der Waals surface area contributed by atoms with E-state index in [-0.39, 0.29) is 16.5 Å². The molecule has 7 heteroatoms. The summed E-state index contributed by atoms with van der Waals surface area (Å²) in [6.45, 7) is 0.178. The van der Waals surface area contributed by atoms with Crippen molar-refractivity contribution >= 4 is 21.6 Å². The Labute approximate surface area is 117 Å². The van der Waals surface area contributed by atoms with Crippen molar-refractivity contribution in [1.82, 2.24) is 4.31 Å². The van der Waals surface area contributed by atoms with Crippen molar-refractivity contribution in [2.45, 2.75) is 23.8 Å². The maximum Gasteiger partial charge on any atom is 0.244 e. The van der Waals surface area contributed by atoms with Crippen LogP contribution in [-0.4, -0.2) is 37.0 Å². The lowest BCUT2D eigenvalue weighted by Gasteiger charge is -2.22. The Morgan fingerprint density at radius 1 is 1.53 bits per heavy atom. The lowest BCUT2D eigenvalue weighted by Crippen LogP contribution is -2.37. The van der Waals surface area contributed by atoms with Crippen molar-refractivity contribution < 1.29 is 13.5 Å². The largest absolute Gasteiger partial charge is 0.395 e. The van der Waals surface area contributed by atoms with E-state index in [0.717, 1.165) is 6.42 Å². The molecule has 2 rings (SSSR count). The summed E-state index contributed by atoms with van der Waals surface area (Å²) in [5, 5.41) is 18.0. The van der Waals surface area contributed by atoms with Crippen molar-refractivity contribution in [3.8, 4) is 6.07 Å². The van der Waals surface area contributed by atoms with Crippen LogP contribution < -0.4 is 0 Å². The molecule has 5 nitrogen and oxygen atoms in total. The average Bonchev–Trinajstić information content (AvgIpc) is 2.87. The van der Waals surface area contributed by atoms with Crippen molar-refractivity contribution in [3.63, 3.8) is 0 Å². The van der Waals surface area contributed by atoms with Crippen LogP contribution in [0.3, 0.4) is 0 Å². The normalized spacial score (nSPS) is 20.4. The molecule has 0 aliphatic carbocycles. The maximum absolute atomic E-state index is 12.5. The Morgan fingerprint density at radius 3 is 2.84 bits per heavy atom. The monoisotopic (exact) mass is 300 g/mol. The van der Waals surface area contributed by atoms with E-state index in [4.69, 9.17) is 16.9 Å². The highest BCUT2D eigenvalue weighted by Crippen LogP contribution is 2.30. The minimum Gasteiger partial charge on any atom is -0.395 e. The third kappa shape index (κ3) is 2.60. The zero-order valence-corrected chi connectivity index (χ0v) is 11.7. The fourth-order valence-electron chi connectivity index (χ4n) is 2.21. The lowest BCUT2D eigenvalue weighted by atomic mass is 10.2. The van der Waals surface area contributed by atoms with E-state index in [1.807, 2.05) is 6.07 Å². The Bertz CT molecular complexity index is 624. The molecule has 1 aliphatic rings. The van der Waals surface area contributed by atoms with Gasteiger partial charge in [-0.2, -0.15) is 9.57 Å². The molecule has 0 unspecified atom stereocenters. The molecule has 0 radical (unpaired) electrons. The van der Waals surface area contributed by atoms with Crippen molar-refractivity contribution in [2.75, 3.05) is 13.2 Å². The second kappa shape index (κ2) is 5.47. The van der Waals surface area contributed by atoms with Gasteiger partial charge in [0.05, 0.1) is 23.3 Å². The van der Waals surface area contributed by atoms with Gasteiger partial charge < -0.3 is 5.11 Å². The third-order valence-corrected chi connectivity index (χ3v) is 5.62. The van der Waals surface area contributed by atoms with Crippen LogP contribution >= 0.6 is 11.6 Å². The number of hydrogen-bond donors (Lipinski definition) is 1. The Hall–Kier alpha value is -1.13. The van der Waals surface area contributed by atoms with E-state index >= 15 is 0 Å². The first-order valence-corrected chi connectivity index (χ1v) is 7.65. The molecule has 1 fully saturated rings. The van der Waals surface area contributed by atoms with Crippen molar-refractivity contribution in [3.05, 3.63) is 28.8 Å². The first-order chi connectivity index (χ1) is 9.00. The molecule has 1 N–H and O–H groups in total. The van der Waals surface area contributed by atoms with E-state index in [0.29, 0.717) is 18.5 Å². The van der Waals surface area contributed by atoms with E-state index in [9.17, 15) is 13.5 Å². The molecular weight excluding hydrogens is 288 g/mol. The van der Waals surface area contributed by atoms with Crippen LogP contribution in [0.4, 0.5) is 0 Å². The molecule has 1 aromatic carbocycles. The molecular formula is C12H13ClN2O3S. The highest BCUT2D eigenvalue weighted by Gasteiger charge is 2.35. The van der Waals surface area contributed by atoms with Crippen LogP contribution in [-0.2, 0) is 10.0 Å². The number of nitrogens with zero attached hydrogens (tertiary/aromatic N) is 2. The second-order valence-electron chi connectivity index (χ2n) is 4.35. The van der Waals surface area contributed by atoms with Gasteiger partial charge in [-0.15, -0.1) is 0 Å². The molecule has 1 atom stereocenters. The fourth-order valence-corrected chi connectivity index (χ4v) is 4.42. The first kappa shape index (κ1) is 14.3. The van der Waals surface area contributed by atoms with Gasteiger partial charge in [0.1, 0.15) is 4.90 Å². The lowest BCUT2D eigenvalue weighted by molar-refractivity contribution is 0.213. The zero-order chi connectivity index (χ0) is 14.0. The van der Waals surface area contributed by atoms with Crippen LogP contribution in [0, 0.1) is 11.3 Å². The molecule has 1 aliphatic heterocycles. The number of benzene rings is 1. The van der Waals surface area contributed by atoms with E-state index in [2.05, 4.69) is 0 Å². The van der Waals surface area contributed by atoms with Gasteiger partial charge in [0.2, 0.25) is 10.0 Å². The summed E-state index contributed by atoms with van der Waals surface area (Å²) in [7, 11) is -3.72. The fraction of sp³-hybridized carbons (Fsp3) is 0.417. The molecule has 19 heavy (non-hydrogen) atoms. The summed E-state index contributed by atoms with van der Waals surface area (Å²) in [5.41, 5.74) is 0.309. The topological polar surface area (TPSA) is 81.4 Å². The van der Waals surface area contributed by atoms with Crippen molar-refractivity contribution in [2.24, 2.45) is 0 Å². The molecule has 0 spiro atoms. The molecule has 0 amide bonds. The van der Waals surface area contributed by atoms with Gasteiger partial charge in [0.15, 0.2) is 0 Å². The number of aliphatic hydroxyl groups is 1. The standard InChI is InChI=1S/C12H13ClN2O3S/c13-11-6-9(7-14)3-4-12(11)19(17,18)15-5-1-2-10(15)8-16/h3-4,6,10,16H,1-2,5,8H2/t10-/m0/s1. The van der Waals surface area contributed by atoms with Gasteiger partial charge in [0.25, 0.3) is 0 Å². The van der Waals surface area contributed by atoms with Crippen LogP contribution in [0.25, 0.3) is 0 Å². The first-order valence-electron chi connectivity index (χ1n) is 5.83. The SMILES string of the molecule is N#Cc1ccc(S(=O)(=O)N2CCC[C@H]2CO)c(Cl)c1. The van der Waals surface area contributed by atoms with Gasteiger partial charge in [0, 0.05) is 12.6 Å². The summed E-state index contributed by atoms with van der Waals surface area (Å²) in [4.78, 5) is -0.0199. The molecule has 1 aromatic rings. The molecule has 1 saturated heterocycles. The van der Waals surface area contributed by atoms with Gasteiger partial charge in [-0.1, -0.05) is 11.6 Å². The number of nitriles is 1. The van der Waals surface area contributed by atoms with Gasteiger partial charge in [-0.25, -0.2) is 8.42 Å². The van der Waals surface area contributed by atoms with Gasteiger partial charge >= 0.3 is 0 Å². The van der Waals surface area contributed by atoms with Gasteiger partial charge in [-0.05, 0) is 31.0 Å². The van der Waals surface area contributed by atoms with E-state index in [1.54, 1.807) is 0 Å². The van der Waals surface area contributed by atoms with Crippen LogP contribution in [0.2, 0.25) is 5.02 Å². The van der Waals surface area contributed by atoms with Crippen LogP contribution in [0.15, 0.2) is 23.1 Å². The number of hydrogen-bond acceptors (Lipinski definition) is 4. The summed E-state index contributed by atoms with van der Waals surface area (Å²) in [5.74, 6) is 0. The highest BCUT2D eigenvalue weighted by atomic mass is 35.5. The minimum atomic E-state index is -3.72. The quantitative estimate of drug-likeness (QED) is 0.914.